The lowest BCUT2D eigenvalue weighted by Crippen LogP contribution is -2.19. The van der Waals surface area contributed by atoms with Gasteiger partial charge in [0.2, 0.25) is 0 Å². The van der Waals surface area contributed by atoms with E-state index in [-0.39, 0.29) is 17.9 Å². The number of nitrogens with two attached hydrogens (primary N) is 1. The van der Waals surface area contributed by atoms with Crippen molar-refractivity contribution in [3.63, 3.8) is 0 Å². The number of hydrogen-bond acceptors (Lipinski definition) is 2. The predicted octanol–water partition coefficient (Wildman–Crippen LogP) is 3.16. The smallest absolute Gasteiger partial charge is 0.398 e. The maximum absolute atomic E-state index is 12.5. The Kier molecular flexibility index (Phi) is 2.42. The Bertz CT molecular complexity index is 405. The zero-order valence-electron chi connectivity index (χ0n) is 7.44. The van der Waals surface area contributed by atoms with E-state index in [1.165, 1.54) is 6.07 Å². The van der Waals surface area contributed by atoms with Gasteiger partial charge in [0, 0.05) is 10.2 Å². The first-order valence-corrected chi connectivity index (χ1v) is 4.95. The molecule has 0 spiro atoms. The molecule has 2 rings (SSSR count). The first-order valence-electron chi connectivity index (χ1n) is 4.15. The largest absolute Gasteiger partial charge is 0.418 e. The maximum atomic E-state index is 12.5. The van der Waals surface area contributed by atoms with Gasteiger partial charge in [-0.05, 0) is 39.2 Å². The predicted molar refractivity (Wildman–Crippen MR) is 52.1 cm³/mol. The summed E-state index contributed by atoms with van der Waals surface area (Å²) >= 11 is 3.16. The Morgan fingerprint density at radius 2 is 2.07 bits per heavy atom. The monoisotopic (exact) mass is 281 g/mol. The second-order valence-corrected chi connectivity index (χ2v) is 4.16. The molecule has 82 valence electrons. The van der Waals surface area contributed by atoms with Crippen LogP contribution in [-0.4, -0.2) is 6.18 Å². The lowest BCUT2D eigenvalue weighted by Gasteiger charge is -2.15. The number of rotatable bonds is 0. The molecule has 0 amide bonds. The normalized spacial score (nSPS) is 20.4. The SMILES string of the molecule is Nc1cc2c(cc1Br)CO[C@@H]2C(F)(F)F. The van der Waals surface area contributed by atoms with Gasteiger partial charge in [-0.3, -0.25) is 0 Å². The number of benzene rings is 1. The molecule has 0 fully saturated rings. The van der Waals surface area contributed by atoms with Crippen LogP contribution in [0, 0.1) is 0 Å². The molecule has 0 radical (unpaired) electrons. The number of fused-ring (bicyclic) bond motifs is 1. The highest BCUT2D eigenvalue weighted by molar-refractivity contribution is 9.10. The zero-order chi connectivity index (χ0) is 11.2. The van der Waals surface area contributed by atoms with Gasteiger partial charge in [-0.25, -0.2) is 0 Å². The van der Waals surface area contributed by atoms with Crippen LogP contribution in [0.5, 0.6) is 0 Å². The van der Waals surface area contributed by atoms with E-state index in [1.54, 1.807) is 6.07 Å². The summed E-state index contributed by atoms with van der Waals surface area (Å²) in [7, 11) is 0. The van der Waals surface area contributed by atoms with Crippen LogP contribution in [0.15, 0.2) is 16.6 Å². The van der Waals surface area contributed by atoms with E-state index >= 15 is 0 Å². The number of nitrogen functional groups attached to an aromatic ring is 1. The van der Waals surface area contributed by atoms with E-state index in [1.807, 2.05) is 0 Å². The van der Waals surface area contributed by atoms with Gasteiger partial charge >= 0.3 is 6.18 Å². The average molecular weight is 282 g/mol. The summed E-state index contributed by atoms with van der Waals surface area (Å²) in [6, 6.07) is 2.88. The van der Waals surface area contributed by atoms with Gasteiger partial charge in [-0.15, -0.1) is 0 Å². The van der Waals surface area contributed by atoms with Crippen molar-refractivity contribution in [3.05, 3.63) is 27.7 Å². The minimum absolute atomic E-state index is 0.0294. The van der Waals surface area contributed by atoms with E-state index in [9.17, 15) is 13.2 Å². The summed E-state index contributed by atoms with van der Waals surface area (Å²) in [4.78, 5) is 0. The van der Waals surface area contributed by atoms with Crippen molar-refractivity contribution in [3.8, 4) is 0 Å². The molecule has 0 saturated heterocycles. The highest BCUT2D eigenvalue weighted by Gasteiger charge is 2.45. The van der Waals surface area contributed by atoms with Crippen molar-refractivity contribution < 1.29 is 17.9 Å². The van der Waals surface area contributed by atoms with Crippen LogP contribution in [0.3, 0.4) is 0 Å². The molecule has 0 unspecified atom stereocenters. The molecule has 1 heterocycles. The highest BCUT2D eigenvalue weighted by atomic mass is 79.9. The van der Waals surface area contributed by atoms with Crippen LogP contribution in [-0.2, 0) is 11.3 Å². The lowest BCUT2D eigenvalue weighted by atomic mass is 10.0. The van der Waals surface area contributed by atoms with Crippen molar-refractivity contribution >= 4 is 21.6 Å². The van der Waals surface area contributed by atoms with Crippen molar-refractivity contribution in [1.82, 2.24) is 0 Å². The second-order valence-electron chi connectivity index (χ2n) is 3.31. The third kappa shape index (κ3) is 1.83. The molecule has 0 bridgehead atoms. The summed E-state index contributed by atoms with van der Waals surface area (Å²) in [5.41, 5.74) is 6.45. The fraction of sp³-hybridized carbons (Fsp3) is 0.333. The Balaban J connectivity index is 2.47. The van der Waals surface area contributed by atoms with Gasteiger partial charge in [0.25, 0.3) is 0 Å². The fourth-order valence-corrected chi connectivity index (χ4v) is 1.94. The van der Waals surface area contributed by atoms with Crippen LogP contribution >= 0.6 is 15.9 Å². The zero-order valence-corrected chi connectivity index (χ0v) is 9.02. The molecular formula is C9H7BrF3NO. The van der Waals surface area contributed by atoms with E-state index < -0.39 is 12.3 Å². The van der Waals surface area contributed by atoms with Gasteiger partial charge in [-0.2, -0.15) is 13.2 Å². The molecule has 15 heavy (non-hydrogen) atoms. The minimum atomic E-state index is -4.38. The number of halogens is 4. The number of hydrogen-bond donors (Lipinski definition) is 1. The lowest BCUT2D eigenvalue weighted by molar-refractivity contribution is -0.219. The first kappa shape index (κ1) is 10.8. The van der Waals surface area contributed by atoms with Gasteiger partial charge in [0.15, 0.2) is 6.10 Å². The molecule has 1 aromatic rings. The van der Waals surface area contributed by atoms with Gasteiger partial charge in [0.05, 0.1) is 6.61 Å². The Morgan fingerprint density at radius 1 is 1.40 bits per heavy atom. The molecule has 1 aliphatic heterocycles. The molecule has 6 heteroatoms. The minimum Gasteiger partial charge on any atom is -0.398 e. The van der Waals surface area contributed by atoms with Crippen molar-refractivity contribution in [2.24, 2.45) is 0 Å². The third-order valence-electron chi connectivity index (χ3n) is 2.24. The Morgan fingerprint density at radius 3 is 2.67 bits per heavy atom. The summed E-state index contributed by atoms with van der Waals surface area (Å²) in [6.07, 6.45) is -6.23. The molecule has 1 aliphatic rings. The van der Waals surface area contributed by atoms with Gasteiger partial charge in [0.1, 0.15) is 0 Å². The standard InChI is InChI=1S/C9H7BrF3NO/c10-6-1-4-3-15-8(9(11,12)13)5(4)2-7(6)14/h1-2,8H,3,14H2/t8-/m0/s1. The van der Waals surface area contributed by atoms with Crippen LogP contribution in [0.1, 0.15) is 17.2 Å². The Hall–Kier alpha value is -0.750. The highest BCUT2D eigenvalue weighted by Crippen LogP contribution is 2.44. The quantitative estimate of drug-likeness (QED) is 0.742. The Labute approximate surface area is 92.3 Å². The summed E-state index contributed by atoms with van der Waals surface area (Å²) in [5, 5.41) is 0. The summed E-state index contributed by atoms with van der Waals surface area (Å²) in [5.74, 6) is 0. The third-order valence-corrected chi connectivity index (χ3v) is 2.93. The number of anilines is 1. The van der Waals surface area contributed by atoms with Crippen molar-refractivity contribution in [1.29, 1.82) is 0 Å². The van der Waals surface area contributed by atoms with Crippen molar-refractivity contribution in [2.45, 2.75) is 18.9 Å². The topological polar surface area (TPSA) is 35.2 Å². The molecule has 2 nitrogen and oxygen atoms in total. The van der Waals surface area contributed by atoms with Crippen LogP contribution in [0.2, 0.25) is 0 Å². The summed E-state index contributed by atoms with van der Waals surface area (Å²) in [6.45, 7) is -0.0294. The molecule has 0 aromatic heterocycles. The van der Waals surface area contributed by atoms with Crippen molar-refractivity contribution in [2.75, 3.05) is 5.73 Å². The fourth-order valence-electron chi connectivity index (χ4n) is 1.55. The molecular weight excluding hydrogens is 275 g/mol. The number of ether oxygens (including phenoxy) is 1. The average Bonchev–Trinajstić information content (AvgIpc) is 2.47. The van der Waals surface area contributed by atoms with Gasteiger partial charge in [-0.1, -0.05) is 0 Å². The van der Waals surface area contributed by atoms with E-state index in [0.29, 0.717) is 10.0 Å². The molecule has 1 atom stereocenters. The van der Waals surface area contributed by atoms with E-state index in [2.05, 4.69) is 15.9 Å². The first-order chi connectivity index (χ1) is 6.89. The van der Waals surface area contributed by atoms with Gasteiger partial charge < -0.3 is 10.5 Å². The summed E-state index contributed by atoms with van der Waals surface area (Å²) < 4.78 is 42.8. The molecule has 0 aliphatic carbocycles. The van der Waals surface area contributed by atoms with E-state index in [4.69, 9.17) is 10.5 Å². The van der Waals surface area contributed by atoms with Crippen LogP contribution < -0.4 is 5.73 Å². The number of alkyl halides is 3. The van der Waals surface area contributed by atoms with Crippen LogP contribution in [0.4, 0.5) is 18.9 Å². The van der Waals surface area contributed by atoms with Crippen LogP contribution in [0.25, 0.3) is 0 Å². The second kappa shape index (κ2) is 3.38. The van der Waals surface area contributed by atoms with E-state index in [0.717, 1.165) is 0 Å². The molecule has 1 aromatic carbocycles. The molecule has 0 saturated carbocycles. The molecule has 2 N–H and O–H groups in total. The maximum Gasteiger partial charge on any atom is 0.418 e.